The van der Waals surface area contributed by atoms with Crippen LogP contribution >= 0.6 is 22.7 Å². The van der Waals surface area contributed by atoms with Crippen molar-refractivity contribution < 1.29 is 24.3 Å². The molecule has 0 spiro atoms. The third-order valence-electron chi connectivity index (χ3n) is 9.01. The fourth-order valence-corrected chi connectivity index (χ4v) is 8.53. The number of fused-ring (bicyclic) bond motifs is 1. The number of aliphatic hydroxyl groups is 1. The van der Waals surface area contributed by atoms with Gasteiger partial charge in [-0.3, -0.25) is 19.2 Å². The van der Waals surface area contributed by atoms with Gasteiger partial charge in [0.05, 0.1) is 35.9 Å². The highest BCUT2D eigenvalue weighted by Gasteiger charge is 2.38. The van der Waals surface area contributed by atoms with Crippen molar-refractivity contribution in [2.75, 3.05) is 19.7 Å². The summed E-state index contributed by atoms with van der Waals surface area (Å²) in [5.41, 5.74) is 1.48. The minimum Gasteiger partial charge on any atom is -0.387 e. The van der Waals surface area contributed by atoms with Crippen LogP contribution in [0.5, 0.6) is 0 Å². The third-order valence-corrected chi connectivity index (χ3v) is 11.1. The number of amides is 4. The number of imidazole rings is 2. The number of H-pyrrole nitrogens is 2. The molecule has 6 heterocycles. The van der Waals surface area contributed by atoms with E-state index in [0.717, 1.165) is 56.7 Å². The second-order valence-electron chi connectivity index (χ2n) is 13.3. The molecule has 0 saturated carbocycles. The minimum atomic E-state index is -0.737. The van der Waals surface area contributed by atoms with Crippen molar-refractivity contribution in [3.05, 3.63) is 24.0 Å². The van der Waals surface area contributed by atoms with Crippen molar-refractivity contribution in [2.45, 2.75) is 84.5 Å². The van der Waals surface area contributed by atoms with E-state index in [1.807, 2.05) is 32.6 Å². The molecule has 4 atom stereocenters. The van der Waals surface area contributed by atoms with E-state index in [0.29, 0.717) is 24.7 Å². The Labute approximate surface area is 291 Å². The first-order chi connectivity index (χ1) is 23.4. The van der Waals surface area contributed by atoms with E-state index in [2.05, 4.69) is 30.6 Å². The Morgan fingerprint density at radius 2 is 1.27 bits per heavy atom. The van der Waals surface area contributed by atoms with Gasteiger partial charge in [-0.1, -0.05) is 50.4 Å². The number of carbonyl (C=O) groups is 4. The average Bonchev–Trinajstić information content (AvgIpc) is 3.89. The summed E-state index contributed by atoms with van der Waals surface area (Å²) in [5.74, 6) is 0.0568. The summed E-state index contributed by atoms with van der Waals surface area (Å²) in [6.45, 7) is 9.48. The lowest BCUT2D eigenvalue weighted by Gasteiger charge is -2.30. The molecule has 4 amide bonds. The SMILES string of the molecule is CC(=O)N[C@H](C(=O)N1CCCC1c1ncc(-c2nc3sc(-c4cnc([C@@H]5CCCN5C(=O)[C@@H](NC(=O)CO)C(C)C)[nH]4)nc3s2)[nH]1)C(C)C. The molecule has 0 aliphatic carbocycles. The van der Waals surface area contributed by atoms with Gasteiger partial charge in [-0.25, -0.2) is 19.9 Å². The van der Waals surface area contributed by atoms with Crippen LogP contribution in [0.3, 0.4) is 0 Å². The van der Waals surface area contributed by atoms with Crippen LogP contribution in [0.15, 0.2) is 12.4 Å². The van der Waals surface area contributed by atoms with Crippen LogP contribution in [0, 0.1) is 11.8 Å². The predicted octanol–water partition coefficient (Wildman–Crippen LogP) is 3.15. The second kappa shape index (κ2) is 14.3. The van der Waals surface area contributed by atoms with E-state index >= 15 is 0 Å². The number of likely N-dealkylation sites (tertiary alicyclic amines) is 2. The highest BCUT2D eigenvalue weighted by molar-refractivity contribution is 7.29. The van der Waals surface area contributed by atoms with Gasteiger partial charge in [-0.15, -0.1) is 0 Å². The van der Waals surface area contributed by atoms with Crippen molar-refractivity contribution in [1.29, 1.82) is 0 Å². The van der Waals surface area contributed by atoms with Crippen molar-refractivity contribution in [3.8, 4) is 21.4 Å². The molecule has 4 aromatic heterocycles. The number of aromatic nitrogens is 6. The van der Waals surface area contributed by atoms with Gasteiger partial charge in [-0.2, -0.15) is 0 Å². The maximum Gasteiger partial charge on any atom is 0.246 e. The molecule has 0 aromatic carbocycles. The molecular weight excluding hydrogens is 669 g/mol. The van der Waals surface area contributed by atoms with Gasteiger partial charge in [0.25, 0.3) is 0 Å². The maximum absolute atomic E-state index is 13.5. The standard InChI is InChI=1S/C32H42N10O5S2/c1-15(2)23(35-17(5)44)31(46)41-10-6-8-20(41)25-33-12-18(36-25)27-39-29-30(48-27)40-28(49-29)19-13-34-26(37-19)21-9-7-11-42(21)32(47)24(16(3)4)38-22(45)14-43/h12-13,15-16,20-21,23-24,43H,6-11,14H2,1-5H3,(H,33,36)(H,34,37)(H,35,44)(H,38,45)/t20?,21-,23-,24-/m0/s1. The smallest absolute Gasteiger partial charge is 0.246 e. The molecule has 6 rings (SSSR count). The fourth-order valence-electron chi connectivity index (χ4n) is 6.55. The molecule has 2 aliphatic heterocycles. The number of hydrogen-bond acceptors (Lipinski definition) is 11. The Kier molecular flexibility index (Phi) is 10.1. The molecule has 262 valence electrons. The zero-order chi connectivity index (χ0) is 35.0. The van der Waals surface area contributed by atoms with Crippen LogP contribution in [-0.4, -0.2) is 100 Å². The summed E-state index contributed by atoms with van der Waals surface area (Å²) >= 11 is 2.88. The first-order valence-electron chi connectivity index (χ1n) is 16.6. The lowest BCUT2D eigenvalue weighted by molar-refractivity contribution is -0.139. The first kappa shape index (κ1) is 34.6. The zero-order valence-electron chi connectivity index (χ0n) is 28.1. The number of thiazole rings is 2. The van der Waals surface area contributed by atoms with Crippen molar-refractivity contribution >= 4 is 56.0 Å². The fraction of sp³-hybridized carbons (Fsp3) is 0.562. The van der Waals surface area contributed by atoms with E-state index in [4.69, 9.17) is 9.97 Å². The Morgan fingerprint density at radius 1 is 0.816 bits per heavy atom. The zero-order valence-corrected chi connectivity index (χ0v) is 29.8. The van der Waals surface area contributed by atoms with Crippen molar-refractivity contribution in [3.63, 3.8) is 0 Å². The van der Waals surface area contributed by atoms with Crippen LogP contribution in [-0.2, 0) is 19.2 Å². The van der Waals surface area contributed by atoms with E-state index in [1.54, 1.807) is 17.3 Å². The van der Waals surface area contributed by atoms with Gasteiger partial charge in [0.1, 0.15) is 40.4 Å². The molecule has 15 nitrogen and oxygen atoms in total. The molecule has 5 N–H and O–H groups in total. The molecule has 4 aromatic rings. The molecule has 2 fully saturated rings. The molecule has 17 heteroatoms. The summed E-state index contributed by atoms with van der Waals surface area (Å²) < 4.78 is 0. The van der Waals surface area contributed by atoms with E-state index < -0.39 is 24.6 Å². The number of aromatic amines is 2. The maximum atomic E-state index is 13.5. The van der Waals surface area contributed by atoms with Gasteiger partial charge in [0.15, 0.2) is 9.66 Å². The molecular formula is C32H42N10O5S2. The summed E-state index contributed by atoms with van der Waals surface area (Å²) in [7, 11) is 0. The lowest BCUT2D eigenvalue weighted by Crippen LogP contribution is -2.51. The Balaban J connectivity index is 1.16. The van der Waals surface area contributed by atoms with Crippen LogP contribution in [0.1, 0.15) is 84.0 Å². The van der Waals surface area contributed by atoms with Crippen LogP contribution in [0.25, 0.3) is 31.1 Å². The monoisotopic (exact) mass is 710 g/mol. The third kappa shape index (κ3) is 7.10. The lowest BCUT2D eigenvalue weighted by atomic mass is 10.0. The Hall–Kier alpha value is -4.22. The van der Waals surface area contributed by atoms with E-state index in [-0.39, 0.29) is 41.6 Å². The van der Waals surface area contributed by atoms with Crippen molar-refractivity contribution in [1.82, 2.24) is 50.3 Å². The normalized spacial score (nSPS) is 19.3. The quantitative estimate of drug-likeness (QED) is 0.155. The van der Waals surface area contributed by atoms with Gasteiger partial charge < -0.3 is 35.5 Å². The van der Waals surface area contributed by atoms with Crippen molar-refractivity contribution in [2.24, 2.45) is 11.8 Å². The number of hydrogen-bond donors (Lipinski definition) is 5. The molecule has 2 aliphatic rings. The number of aliphatic hydroxyl groups excluding tert-OH is 1. The highest BCUT2D eigenvalue weighted by Crippen LogP contribution is 2.38. The Morgan fingerprint density at radius 3 is 1.67 bits per heavy atom. The number of rotatable bonds is 11. The van der Waals surface area contributed by atoms with Gasteiger partial charge in [0, 0.05) is 20.0 Å². The summed E-state index contributed by atoms with van der Waals surface area (Å²) in [6, 6.07) is -1.80. The van der Waals surface area contributed by atoms with Crippen LogP contribution < -0.4 is 10.6 Å². The molecule has 0 radical (unpaired) electrons. The number of nitrogens with one attached hydrogen (secondary N) is 4. The molecule has 0 bridgehead atoms. The summed E-state index contributed by atoms with van der Waals surface area (Å²) in [5, 5.41) is 16.1. The predicted molar refractivity (Wildman–Crippen MR) is 184 cm³/mol. The Bertz CT molecular complexity index is 1810. The number of carbonyl (C=O) groups excluding carboxylic acids is 4. The first-order valence-corrected chi connectivity index (χ1v) is 18.2. The molecule has 2 saturated heterocycles. The number of nitrogens with zero attached hydrogens (tertiary/aromatic N) is 6. The molecule has 1 unspecified atom stereocenters. The highest BCUT2D eigenvalue weighted by atomic mass is 32.1. The van der Waals surface area contributed by atoms with Gasteiger partial charge >= 0.3 is 0 Å². The minimum absolute atomic E-state index is 0.0451. The van der Waals surface area contributed by atoms with Gasteiger partial charge in [0.2, 0.25) is 23.6 Å². The summed E-state index contributed by atoms with van der Waals surface area (Å²) in [6.07, 6.45) is 6.63. The van der Waals surface area contributed by atoms with Gasteiger partial charge in [-0.05, 0) is 37.5 Å². The van der Waals surface area contributed by atoms with E-state index in [1.165, 1.54) is 29.6 Å². The largest absolute Gasteiger partial charge is 0.387 e. The average molecular weight is 711 g/mol. The van der Waals surface area contributed by atoms with Crippen LogP contribution in [0.4, 0.5) is 0 Å². The topological polar surface area (TPSA) is 202 Å². The molecule has 49 heavy (non-hydrogen) atoms. The summed E-state index contributed by atoms with van der Waals surface area (Å²) in [4.78, 5) is 81.3. The second-order valence-corrected chi connectivity index (χ2v) is 15.2. The van der Waals surface area contributed by atoms with Crippen LogP contribution in [0.2, 0.25) is 0 Å². The van der Waals surface area contributed by atoms with E-state index in [9.17, 15) is 24.3 Å².